The van der Waals surface area contributed by atoms with E-state index < -0.39 is 0 Å². The normalized spacial score (nSPS) is 14.7. The van der Waals surface area contributed by atoms with E-state index in [4.69, 9.17) is 0 Å². The van der Waals surface area contributed by atoms with Gasteiger partial charge in [0.2, 0.25) is 0 Å². The first-order valence-corrected chi connectivity index (χ1v) is 9.47. The Hall–Kier alpha value is -2.74. The van der Waals surface area contributed by atoms with Crippen molar-refractivity contribution in [3.05, 3.63) is 52.5 Å². The monoisotopic (exact) mass is 368 g/mol. The molecule has 0 radical (unpaired) electrons. The molecule has 4 heterocycles. The summed E-state index contributed by atoms with van der Waals surface area (Å²) in [6.45, 7) is 6.91. The summed E-state index contributed by atoms with van der Waals surface area (Å²) in [6.07, 6.45) is 3.37. The number of thiophene rings is 1. The van der Waals surface area contributed by atoms with Crippen LogP contribution in [0.3, 0.4) is 0 Å². The van der Waals surface area contributed by atoms with Crippen molar-refractivity contribution in [2.75, 3.05) is 31.1 Å². The van der Waals surface area contributed by atoms with Crippen LogP contribution in [0.4, 0.5) is 5.82 Å². The fourth-order valence-electron chi connectivity index (χ4n) is 3.08. The zero-order valence-electron chi connectivity index (χ0n) is 14.8. The van der Waals surface area contributed by atoms with Gasteiger partial charge in [0.15, 0.2) is 0 Å². The molecule has 0 saturated carbocycles. The van der Waals surface area contributed by atoms with Crippen LogP contribution in [-0.4, -0.2) is 56.5 Å². The average molecular weight is 368 g/mol. The van der Waals surface area contributed by atoms with Crippen LogP contribution in [0.5, 0.6) is 0 Å². The zero-order chi connectivity index (χ0) is 18.1. The number of piperazine rings is 1. The first-order valence-electron chi connectivity index (χ1n) is 8.53. The summed E-state index contributed by atoms with van der Waals surface area (Å²) in [7, 11) is 0. The number of nitrogens with zero attached hydrogens (tertiary/aromatic N) is 6. The maximum atomic E-state index is 12.5. The van der Waals surface area contributed by atoms with Crippen molar-refractivity contribution in [2.45, 2.75) is 13.8 Å². The molecule has 7 nitrogen and oxygen atoms in total. The van der Waals surface area contributed by atoms with Crippen molar-refractivity contribution < 1.29 is 4.79 Å². The lowest BCUT2D eigenvalue weighted by Crippen LogP contribution is -2.49. The fraction of sp³-hybridized carbons (Fsp3) is 0.333. The molecule has 0 unspecified atom stereocenters. The highest BCUT2D eigenvalue weighted by molar-refractivity contribution is 7.08. The summed E-state index contributed by atoms with van der Waals surface area (Å²) in [5.74, 6) is 1.80. The molecule has 3 aromatic heterocycles. The molecule has 0 N–H and O–H groups in total. The van der Waals surface area contributed by atoms with Crippen LogP contribution in [0.25, 0.3) is 5.82 Å². The predicted octanol–water partition coefficient (Wildman–Crippen LogP) is 2.30. The van der Waals surface area contributed by atoms with Crippen molar-refractivity contribution in [3.63, 3.8) is 0 Å². The van der Waals surface area contributed by atoms with Gasteiger partial charge in [0.05, 0.1) is 11.3 Å². The van der Waals surface area contributed by atoms with Gasteiger partial charge >= 0.3 is 0 Å². The number of hydrogen-bond donors (Lipinski definition) is 0. The van der Waals surface area contributed by atoms with Crippen molar-refractivity contribution in [1.82, 2.24) is 24.4 Å². The lowest BCUT2D eigenvalue weighted by atomic mass is 10.2. The third-order valence-electron chi connectivity index (χ3n) is 4.80. The molecule has 26 heavy (non-hydrogen) atoms. The van der Waals surface area contributed by atoms with E-state index in [1.165, 1.54) is 0 Å². The standard InChI is InChI=1S/C18H20N6OS/c1-13-14(2)24(12-21-13)17-9-16(19-11-20-17)22-4-6-23(7-5-22)18(25)15-3-8-26-10-15/h3,8-12H,4-7H2,1-2H3. The molecule has 0 bridgehead atoms. The Labute approximate surface area is 155 Å². The molecule has 4 rings (SSSR count). The lowest BCUT2D eigenvalue weighted by molar-refractivity contribution is 0.0747. The molecule has 8 heteroatoms. The lowest BCUT2D eigenvalue weighted by Gasteiger charge is -2.35. The van der Waals surface area contributed by atoms with Gasteiger partial charge < -0.3 is 9.80 Å². The van der Waals surface area contributed by atoms with Crippen LogP contribution in [0, 0.1) is 13.8 Å². The smallest absolute Gasteiger partial charge is 0.254 e. The van der Waals surface area contributed by atoms with Gasteiger partial charge in [0, 0.05) is 43.3 Å². The second-order valence-corrected chi connectivity index (χ2v) is 7.09. The van der Waals surface area contributed by atoms with Gasteiger partial charge in [-0.05, 0) is 25.3 Å². The van der Waals surface area contributed by atoms with E-state index in [0.717, 1.165) is 41.7 Å². The second kappa shape index (κ2) is 6.87. The molecule has 134 valence electrons. The Balaban J connectivity index is 1.47. The van der Waals surface area contributed by atoms with Crippen molar-refractivity contribution in [2.24, 2.45) is 0 Å². The van der Waals surface area contributed by atoms with Crippen LogP contribution in [-0.2, 0) is 0 Å². The SMILES string of the molecule is Cc1ncn(-c2cc(N3CCN(C(=O)c4ccsc4)CC3)ncn2)c1C. The van der Waals surface area contributed by atoms with Gasteiger partial charge in [-0.25, -0.2) is 15.0 Å². The Morgan fingerprint density at radius 1 is 1.08 bits per heavy atom. The first kappa shape index (κ1) is 16.7. The highest BCUT2D eigenvalue weighted by atomic mass is 32.1. The molecule has 1 aliphatic heterocycles. The van der Waals surface area contributed by atoms with Crippen molar-refractivity contribution in [1.29, 1.82) is 0 Å². The minimum atomic E-state index is 0.110. The highest BCUT2D eigenvalue weighted by Gasteiger charge is 2.23. The quantitative estimate of drug-likeness (QED) is 0.710. The average Bonchev–Trinajstić information content (AvgIpc) is 3.33. The number of rotatable bonds is 3. The second-order valence-electron chi connectivity index (χ2n) is 6.31. The molecule has 0 atom stereocenters. The number of aromatic nitrogens is 4. The Morgan fingerprint density at radius 3 is 2.50 bits per heavy atom. The summed E-state index contributed by atoms with van der Waals surface area (Å²) in [6, 6.07) is 3.86. The van der Waals surface area contributed by atoms with Gasteiger partial charge in [-0.3, -0.25) is 9.36 Å². The highest BCUT2D eigenvalue weighted by Crippen LogP contribution is 2.19. The van der Waals surface area contributed by atoms with Crippen LogP contribution < -0.4 is 4.90 Å². The predicted molar refractivity (Wildman–Crippen MR) is 101 cm³/mol. The Morgan fingerprint density at radius 2 is 1.85 bits per heavy atom. The number of amides is 1. The van der Waals surface area contributed by atoms with E-state index in [0.29, 0.717) is 13.1 Å². The fourth-order valence-corrected chi connectivity index (χ4v) is 3.71. The number of imidazole rings is 1. The van der Waals surface area contributed by atoms with Crippen LogP contribution in [0.1, 0.15) is 21.7 Å². The summed E-state index contributed by atoms with van der Waals surface area (Å²) in [5, 5.41) is 3.84. The summed E-state index contributed by atoms with van der Waals surface area (Å²) < 4.78 is 1.97. The largest absolute Gasteiger partial charge is 0.353 e. The number of carbonyl (C=O) groups is 1. The van der Waals surface area contributed by atoms with Crippen molar-refractivity contribution in [3.8, 4) is 5.82 Å². The maximum Gasteiger partial charge on any atom is 0.254 e. The number of aryl methyl sites for hydroxylation is 1. The van der Waals surface area contributed by atoms with Gasteiger partial charge in [-0.2, -0.15) is 11.3 Å². The van der Waals surface area contributed by atoms with E-state index in [1.807, 2.05) is 46.2 Å². The maximum absolute atomic E-state index is 12.5. The molecule has 1 fully saturated rings. The van der Waals surface area contributed by atoms with Crippen molar-refractivity contribution >= 4 is 23.1 Å². The van der Waals surface area contributed by atoms with E-state index in [-0.39, 0.29) is 5.91 Å². The van der Waals surface area contributed by atoms with E-state index in [9.17, 15) is 4.79 Å². The molecule has 1 saturated heterocycles. The third kappa shape index (κ3) is 3.08. The molecule has 1 amide bonds. The molecule has 0 aromatic carbocycles. The zero-order valence-corrected chi connectivity index (χ0v) is 15.6. The molecular weight excluding hydrogens is 348 g/mol. The number of hydrogen-bond acceptors (Lipinski definition) is 6. The summed E-state index contributed by atoms with van der Waals surface area (Å²) in [5.41, 5.74) is 2.84. The number of anilines is 1. The topological polar surface area (TPSA) is 67.2 Å². The molecule has 0 spiro atoms. The van der Waals surface area contributed by atoms with Crippen LogP contribution >= 0.6 is 11.3 Å². The molecular formula is C18H20N6OS. The van der Waals surface area contributed by atoms with E-state index >= 15 is 0 Å². The van der Waals surface area contributed by atoms with Gasteiger partial charge in [-0.15, -0.1) is 0 Å². The number of carbonyl (C=O) groups excluding carboxylic acids is 1. The van der Waals surface area contributed by atoms with E-state index in [2.05, 4.69) is 19.9 Å². The molecule has 0 aliphatic carbocycles. The third-order valence-corrected chi connectivity index (χ3v) is 5.48. The first-order chi connectivity index (χ1) is 12.6. The summed E-state index contributed by atoms with van der Waals surface area (Å²) >= 11 is 1.55. The van der Waals surface area contributed by atoms with Gasteiger partial charge in [0.1, 0.15) is 24.3 Å². The van der Waals surface area contributed by atoms with Gasteiger partial charge in [-0.1, -0.05) is 0 Å². The van der Waals surface area contributed by atoms with Gasteiger partial charge in [0.25, 0.3) is 5.91 Å². The van der Waals surface area contributed by atoms with E-state index in [1.54, 1.807) is 24.0 Å². The molecule has 1 aliphatic rings. The summed E-state index contributed by atoms with van der Waals surface area (Å²) in [4.78, 5) is 29.7. The molecule has 3 aromatic rings. The Kier molecular flexibility index (Phi) is 4.42. The van der Waals surface area contributed by atoms with Crippen LogP contribution in [0.2, 0.25) is 0 Å². The minimum Gasteiger partial charge on any atom is -0.353 e. The van der Waals surface area contributed by atoms with Crippen LogP contribution in [0.15, 0.2) is 35.5 Å². The Bertz CT molecular complexity index is 912. The minimum absolute atomic E-state index is 0.110.